The van der Waals surface area contributed by atoms with Crippen LogP contribution in [0.5, 0.6) is 0 Å². The zero-order valence-corrected chi connectivity index (χ0v) is 25.0. The number of allylic oxidation sites excluding steroid dienone is 2. The average Bonchev–Trinajstić information content (AvgIpc) is 2.87. The molecule has 224 valence electrons. The topological polar surface area (TPSA) is 119 Å². The first-order valence-corrected chi connectivity index (χ1v) is 16.5. The Bertz CT molecular complexity index is 646. The van der Waals surface area contributed by atoms with Gasteiger partial charge in [0, 0.05) is 12.8 Å². The molecule has 0 aliphatic rings. The van der Waals surface area contributed by atoms with Crippen molar-refractivity contribution in [2.24, 2.45) is 0 Å². The molecule has 0 saturated carbocycles. The maximum absolute atomic E-state index is 12.2. The molecule has 1 unspecified atom stereocenters. The Morgan fingerprint density at radius 2 is 1.11 bits per heavy atom. The van der Waals surface area contributed by atoms with E-state index in [1.807, 2.05) is 0 Å². The Hall–Kier alpha value is -1.21. The highest BCUT2D eigenvalue weighted by atomic mass is 31.2. The number of phosphoric acid groups is 1. The Balaban J connectivity index is 4.06. The highest BCUT2D eigenvalue weighted by Gasteiger charge is 2.22. The van der Waals surface area contributed by atoms with Crippen molar-refractivity contribution in [2.45, 2.75) is 148 Å². The zero-order chi connectivity index (χ0) is 28.3. The summed E-state index contributed by atoms with van der Waals surface area (Å²) in [5.41, 5.74) is 0. The van der Waals surface area contributed by atoms with E-state index in [0.717, 1.165) is 57.8 Å². The second kappa shape index (κ2) is 26.0. The molecule has 0 amide bonds. The minimum atomic E-state index is -4.73. The molecule has 1 atom stereocenters. The third-order valence-electron chi connectivity index (χ3n) is 6.28. The fourth-order valence-corrected chi connectivity index (χ4v) is 4.37. The molecule has 0 saturated heterocycles. The summed E-state index contributed by atoms with van der Waals surface area (Å²) in [7, 11) is -4.73. The molecule has 0 fully saturated rings. The SMILES string of the molecule is CCCCCC/C=C\CCCCCCCC(=O)OC(COC(=O)CCCCCCCCC)COP(=O)(O)O. The van der Waals surface area contributed by atoms with Gasteiger partial charge in [0.2, 0.25) is 0 Å². The Kier molecular flexibility index (Phi) is 25.2. The number of carbonyl (C=O) groups excluding carboxylic acids is 2. The molecule has 0 aliphatic heterocycles. The molecule has 2 N–H and O–H groups in total. The molecular formula is C29H55O8P. The van der Waals surface area contributed by atoms with E-state index in [0.29, 0.717) is 6.42 Å². The van der Waals surface area contributed by atoms with Gasteiger partial charge in [0.1, 0.15) is 6.61 Å². The van der Waals surface area contributed by atoms with E-state index >= 15 is 0 Å². The molecule has 0 rings (SSSR count). The molecule has 0 bridgehead atoms. The summed E-state index contributed by atoms with van der Waals surface area (Å²) >= 11 is 0. The van der Waals surface area contributed by atoms with Crippen LogP contribution in [0, 0.1) is 0 Å². The lowest BCUT2D eigenvalue weighted by molar-refractivity contribution is -0.161. The first-order chi connectivity index (χ1) is 18.3. The van der Waals surface area contributed by atoms with E-state index in [1.54, 1.807) is 0 Å². The Morgan fingerprint density at radius 3 is 1.63 bits per heavy atom. The standard InChI is InChI=1S/C29H55O8P/c1-3-5-7-9-11-12-13-14-15-16-18-20-22-24-29(31)37-27(26-36-38(32,33)34)25-35-28(30)23-21-19-17-10-8-6-4-2/h12-13,27H,3-11,14-26H2,1-2H3,(H2,32,33,34)/b13-12-. The third-order valence-corrected chi connectivity index (χ3v) is 6.77. The maximum atomic E-state index is 12.2. The van der Waals surface area contributed by atoms with Crippen molar-refractivity contribution in [1.82, 2.24) is 0 Å². The molecule has 8 nitrogen and oxygen atoms in total. The van der Waals surface area contributed by atoms with Crippen LogP contribution in [-0.4, -0.2) is 41.0 Å². The monoisotopic (exact) mass is 562 g/mol. The van der Waals surface area contributed by atoms with Gasteiger partial charge >= 0.3 is 19.8 Å². The number of carbonyl (C=O) groups is 2. The highest BCUT2D eigenvalue weighted by Crippen LogP contribution is 2.35. The molecule has 0 heterocycles. The summed E-state index contributed by atoms with van der Waals surface area (Å²) in [4.78, 5) is 42.2. The lowest BCUT2D eigenvalue weighted by Gasteiger charge is -2.18. The quantitative estimate of drug-likeness (QED) is 0.0448. The van der Waals surface area contributed by atoms with Crippen LogP contribution in [0.1, 0.15) is 142 Å². The van der Waals surface area contributed by atoms with Gasteiger partial charge in [-0.3, -0.25) is 14.1 Å². The smallest absolute Gasteiger partial charge is 0.462 e. The van der Waals surface area contributed by atoms with Crippen molar-refractivity contribution < 1.29 is 37.9 Å². The summed E-state index contributed by atoms with van der Waals surface area (Å²) in [6, 6.07) is 0. The summed E-state index contributed by atoms with van der Waals surface area (Å²) in [6.07, 6.45) is 23.8. The van der Waals surface area contributed by atoms with Crippen LogP contribution in [0.4, 0.5) is 0 Å². The number of phosphoric ester groups is 1. The van der Waals surface area contributed by atoms with Gasteiger partial charge < -0.3 is 19.3 Å². The number of hydrogen-bond acceptors (Lipinski definition) is 6. The van der Waals surface area contributed by atoms with Crippen molar-refractivity contribution in [3.8, 4) is 0 Å². The Labute approximate surface area is 231 Å². The van der Waals surface area contributed by atoms with E-state index in [1.165, 1.54) is 51.4 Å². The van der Waals surface area contributed by atoms with E-state index in [4.69, 9.17) is 19.3 Å². The van der Waals surface area contributed by atoms with Crippen LogP contribution in [-0.2, 0) is 28.2 Å². The molecule has 0 aromatic carbocycles. The van der Waals surface area contributed by atoms with E-state index in [-0.39, 0.29) is 19.4 Å². The van der Waals surface area contributed by atoms with Gasteiger partial charge in [-0.25, -0.2) is 4.57 Å². The molecule has 0 aromatic rings. The summed E-state index contributed by atoms with van der Waals surface area (Å²) in [6.45, 7) is 3.57. The summed E-state index contributed by atoms with van der Waals surface area (Å²) in [5, 5.41) is 0. The van der Waals surface area contributed by atoms with E-state index in [9.17, 15) is 14.2 Å². The zero-order valence-electron chi connectivity index (χ0n) is 24.1. The second-order valence-electron chi connectivity index (χ2n) is 10.1. The molecule has 0 aromatic heterocycles. The highest BCUT2D eigenvalue weighted by molar-refractivity contribution is 7.46. The van der Waals surface area contributed by atoms with Gasteiger partial charge in [0.05, 0.1) is 6.61 Å². The fraction of sp³-hybridized carbons (Fsp3) is 0.862. The van der Waals surface area contributed by atoms with Crippen molar-refractivity contribution in [3.63, 3.8) is 0 Å². The molecular weight excluding hydrogens is 507 g/mol. The van der Waals surface area contributed by atoms with Crippen LogP contribution in [0.15, 0.2) is 12.2 Å². The third kappa shape index (κ3) is 27.8. The van der Waals surface area contributed by atoms with Crippen molar-refractivity contribution >= 4 is 19.8 Å². The number of hydrogen-bond donors (Lipinski definition) is 2. The first kappa shape index (κ1) is 36.8. The number of rotatable bonds is 27. The number of esters is 2. The van der Waals surface area contributed by atoms with Crippen LogP contribution in [0.2, 0.25) is 0 Å². The fourth-order valence-electron chi connectivity index (χ4n) is 4.01. The summed E-state index contributed by atoms with van der Waals surface area (Å²) in [5.74, 6) is -0.902. The predicted molar refractivity (Wildman–Crippen MR) is 152 cm³/mol. The van der Waals surface area contributed by atoms with E-state index < -0.39 is 32.5 Å². The maximum Gasteiger partial charge on any atom is 0.469 e. The predicted octanol–water partition coefficient (Wildman–Crippen LogP) is 7.95. The van der Waals surface area contributed by atoms with Gasteiger partial charge in [-0.1, -0.05) is 103 Å². The summed E-state index contributed by atoms with van der Waals surface area (Å²) < 4.78 is 26.0. The van der Waals surface area contributed by atoms with Crippen LogP contribution < -0.4 is 0 Å². The van der Waals surface area contributed by atoms with Gasteiger partial charge in [-0.15, -0.1) is 0 Å². The van der Waals surface area contributed by atoms with Gasteiger partial charge in [-0.2, -0.15) is 0 Å². The van der Waals surface area contributed by atoms with Crippen molar-refractivity contribution in [2.75, 3.05) is 13.2 Å². The van der Waals surface area contributed by atoms with Gasteiger partial charge in [0.25, 0.3) is 0 Å². The van der Waals surface area contributed by atoms with E-state index in [2.05, 4.69) is 30.5 Å². The molecule has 0 spiro atoms. The largest absolute Gasteiger partial charge is 0.469 e. The Morgan fingerprint density at radius 1 is 0.658 bits per heavy atom. The minimum absolute atomic E-state index is 0.204. The molecule has 0 radical (unpaired) electrons. The van der Waals surface area contributed by atoms with Gasteiger partial charge in [-0.05, 0) is 38.5 Å². The second-order valence-corrected chi connectivity index (χ2v) is 11.3. The lowest BCUT2D eigenvalue weighted by Crippen LogP contribution is -2.29. The van der Waals surface area contributed by atoms with Crippen LogP contribution >= 0.6 is 7.82 Å². The number of ether oxygens (including phenoxy) is 2. The number of unbranched alkanes of at least 4 members (excludes halogenated alkanes) is 15. The molecule has 0 aliphatic carbocycles. The average molecular weight is 563 g/mol. The van der Waals surface area contributed by atoms with Gasteiger partial charge in [0.15, 0.2) is 6.10 Å². The normalized spacial score (nSPS) is 12.6. The van der Waals surface area contributed by atoms with Crippen LogP contribution in [0.25, 0.3) is 0 Å². The van der Waals surface area contributed by atoms with Crippen molar-refractivity contribution in [3.05, 3.63) is 12.2 Å². The molecule has 38 heavy (non-hydrogen) atoms. The molecule has 9 heteroatoms. The lowest BCUT2D eigenvalue weighted by atomic mass is 10.1. The minimum Gasteiger partial charge on any atom is -0.462 e. The van der Waals surface area contributed by atoms with Crippen molar-refractivity contribution in [1.29, 1.82) is 0 Å². The first-order valence-electron chi connectivity index (χ1n) is 15.0. The van der Waals surface area contributed by atoms with Crippen LogP contribution in [0.3, 0.4) is 0 Å².